The van der Waals surface area contributed by atoms with Crippen LogP contribution in [0.1, 0.15) is 30.3 Å². The highest BCUT2D eigenvalue weighted by Gasteiger charge is 2.22. The van der Waals surface area contributed by atoms with Gasteiger partial charge in [0, 0.05) is 44.1 Å². The van der Waals surface area contributed by atoms with E-state index in [4.69, 9.17) is 0 Å². The zero-order valence-electron chi connectivity index (χ0n) is 14.6. The summed E-state index contributed by atoms with van der Waals surface area (Å²) in [5, 5.41) is 9.43. The van der Waals surface area contributed by atoms with Gasteiger partial charge in [-0.05, 0) is 45.0 Å². The topological polar surface area (TPSA) is 52.3 Å². The highest BCUT2D eigenvalue weighted by molar-refractivity contribution is 6.01. The van der Waals surface area contributed by atoms with Crippen LogP contribution in [-0.2, 0) is 11.3 Å². The second kappa shape index (κ2) is 7.47. The van der Waals surface area contributed by atoms with Gasteiger partial charge in [0.05, 0.1) is 0 Å². The van der Waals surface area contributed by atoms with Crippen molar-refractivity contribution in [2.45, 2.75) is 33.7 Å². The molecule has 0 N–H and O–H groups in total. The van der Waals surface area contributed by atoms with Crippen molar-refractivity contribution in [3.05, 3.63) is 28.6 Å². The van der Waals surface area contributed by atoms with Crippen molar-refractivity contribution in [1.29, 1.82) is 5.26 Å². The molecule has 1 amide bonds. The van der Waals surface area contributed by atoms with Crippen LogP contribution in [0.3, 0.4) is 0 Å². The minimum absolute atomic E-state index is 0.152. The fourth-order valence-corrected chi connectivity index (χ4v) is 3.02. The molecule has 0 unspecified atom stereocenters. The molecule has 0 spiro atoms. The maximum absolute atomic E-state index is 12.6. The van der Waals surface area contributed by atoms with Crippen LogP contribution in [0.2, 0.25) is 0 Å². The summed E-state index contributed by atoms with van der Waals surface area (Å²) in [4.78, 5) is 16.5. The number of amides is 1. The van der Waals surface area contributed by atoms with Gasteiger partial charge in [0.2, 0.25) is 0 Å². The fourth-order valence-electron chi connectivity index (χ4n) is 3.02. The zero-order valence-corrected chi connectivity index (χ0v) is 14.6. The molecule has 23 heavy (non-hydrogen) atoms. The van der Waals surface area contributed by atoms with Gasteiger partial charge in [-0.2, -0.15) is 5.26 Å². The van der Waals surface area contributed by atoms with E-state index in [1.807, 2.05) is 14.0 Å². The van der Waals surface area contributed by atoms with Gasteiger partial charge in [-0.25, -0.2) is 0 Å². The number of rotatable bonds is 4. The molecule has 0 radical (unpaired) electrons. The van der Waals surface area contributed by atoms with Crippen LogP contribution < -0.4 is 0 Å². The minimum Gasteiger partial charge on any atom is -0.349 e. The molecule has 0 atom stereocenters. The number of hydrogen-bond donors (Lipinski definition) is 0. The monoisotopic (exact) mass is 314 g/mol. The predicted octanol–water partition coefficient (Wildman–Crippen LogP) is 2.20. The number of likely N-dealkylation sites (N-methyl/N-ethyl adjacent to an activating group) is 1. The number of nitriles is 1. The van der Waals surface area contributed by atoms with Crippen molar-refractivity contribution in [3.8, 4) is 6.07 Å². The summed E-state index contributed by atoms with van der Waals surface area (Å²) in [5.74, 6) is -0.152. The highest BCUT2D eigenvalue weighted by Crippen LogP contribution is 2.19. The molecule has 1 aliphatic rings. The van der Waals surface area contributed by atoms with E-state index < -0.39 is 0 Å². The van der Waals surface area contributed by atoms with E-state index in [-0.39, 0.29) is 11.5 Å². The Morgan fingerprint density at radius 2 is 1.96 bits per heavy atom. The Kier molecular flexibility index (Phi) is 5.62. The number of carbonyl (C=O) groups excluding carboxylic acids is 1. The van der Waals surface area contributed by atoms with Crippen molar-refractivity contribution < 1.29 is 4.79 Å². The summed E-state index contributed by atoms with van der Waals surface area (Å²) in [5.41, 5.74) is 3.48. The van der Waals surface area contributed by atoms with Crippen molar-refractivity contribution in [2.75, 3.05) is 33.2 Å². The molecule has 1 saturated heterocycles. The fraction of sp³-hybridized carbons (Fsp3) is 0.556. The van der Waals surface area contributed by atoms with Crippen LogP contribution in [0.5, 0.6) is 0 Å². The summed E-state index contributed by atoms with van der Waals surface area (Å²) in [6.07, 6.45) is 2.81. The molecule has 5 heteroatoms. The normalized spacial score (nSPS) is 16.5. The van der Waals surface area contributed by atoms with Crippen LogP contribution in [0.4, 0.5) is 0 Å². The Labute approximate surface area is 138 Å². The Bertz CT molecular complexity index is 643. The van der Waals surface area contributed by atoms with E-state index in [1.165, 1.54) is 5.69 Å². The molecule has 5 nitrogen and oxygen atoms in total. The molecule has 1 aromatic rings. The Morgan fingerprint density at radius 1 is 1.30 bits per heavy atom. The van der Waals surface area contributed by atoms with E-state index in [0.29, 0.717) is 13.1 Å². The first kappa shape index (κ1) is 17.3. The molecule has 0 saturated carbocycles. The lowest BCUT2D eigenvalue weighted by molar-refractivity contribution is -0.128. The average Bonchev–Trinajstić information content (AvgIpc) is 2.80. The zero-order chi connectivity index (χ0) is 17.0. The molecule has 1 aliphatic heterocycles. The number of piperazine rings is 1. The summed E-state index contributed by atoms with van der Waals surface area (Å²) in [6.45, 7) is 10.3. The number of hydrogen-bond acceptors (Lipinski definition) is 3. The molecule has 124 valence electrons. The number of carbonyl (C=O) groups is 1. The summed E-state index contributed by atoms with van der Waals surface area (Å²) >= 11 is 0. The van der Waals surface area contributed by atoms with Gasteiger partial charge in [0.1, 0.15) is 11.6 Å². The maximum atomic E-state index is 12.6. The molecule has 0 aromatic carbocycles. The van der Waals surface area contributed by atoms with Crippen LogP contribution in [0.15, 0.2) is 11.6 Å². The number of aromatic nitrogens is 1. The van der Waals surface area contributed by atoms with Crippen molar-refractivity contribution in [2.24, 2.45) is 0 Å². The van der Waals surface area contributed by atoms with Crippen molar-refractivity contribution >= 4 is 12.0 Å². The van der Waals surface area contributed by atoms with Gasteiger partial charge in [-0.3, -0.25) is 4.79 Å². The summed E-state index contributed by atoms with van der Waals surface area (Å²) < 4.78 is 2.24. The van der Waals surface area contributed by atoms with Crippen molar-refractivity contribution in [1.82, 2.24) is 14.4 Å². The highest BCUT2D eigenvalue weighted by atomic mass is 16.2. The molecular weight excluding hydrogens is 288 g/mol. The van der Waals surface area contributed by atoms with E-state index in [9.17, 15) is 10.1 Å². The minimum atomic E-state index is -0.152. The van der Waals surface area contributed by atoms with Gasteiger partial charge < -0.3 is 14.4 Å². The van der Waals surface area contributed by atoms with E-state index in [2.05, 4.69) is 35.5 Å². The largest absolute Gasteiger partial charge is 0.349 e. The first-order valence-corrected chi connectivity index (χ1v) is 8.24. The predicted molar refractivity (Wildman–Crippen MR) is 91.9 cm³/mol. The third-order valence-corrected chi connectivity index (χ3v) is 4.50. The second-order valence-electron chi connectivity index (χ2n) is 6.24. The Hall–Kier alpha value is -2.06. The van der Waals surface area contributed by atoms with Crippen LogP contribution in [0.25, 0.3) is 6.08 Å². The lowest BCUT2D eigenvalue weighted by Gasteiger charge is -2.32. The van der Waals surface area contributed by atoms with E-state index in [1.54, 1.807) is 11.0 Å². The molecular formula is C18H26N4O. The molecule has 0 aliphatic carbocycles. The van der Waals surface area contributed by atoms with Crippen LogP contribution in [0, 0.1) is 25.2 Å². The SMILES string of the molecule is CCCn1c(C)cc(C=C(C#N)C(=O)N2CCN(C)CC2)c1C. The molecule has 2 heterocycles. The smallest absolute Gasteiger partial charge is 0.264 e. The molecule has 2 rings (SSSR count). The van der Waals surface area contributed by atoms with Crippen molar-refractivity contribution in [3.63, 3.8) is 0 Å². The van der Waals surface area contributed by atoms with Gasteiger partial charge in [0.25, 0.3) is 5.91 Å². The van der Waals surface area contributed by atoms with E-state index >= 15 is 0 Å². The van der Waals surface area contributed by atoms with Gasteiger partial charge in [0.15, 0.2) is 0 Å². The third-order valence-electron chi connectivity index (χ3n) is 4.50. The Morgan fingerprint density at radius 3 is 2.52 bits per heavy atom. The first-order valence-electron chi connectivity index (χ1n) is 8.24. The van der Waals surface area contributed by atoms with Gasteiger partial charge in [-0.15, -0.1) is 0 Å². The van der Waals surface area contributed by atoms with E-state index in [0.717, 1.165) is 37.3 Å². The Balaban J connectivity index is 2.24. The average molecular weight is 314 g/mol. The quantitative estimate of drug-likeness (QED) is 0.632. The molecule has 1 fully saturated rings. The summed E-state index contributed by atoms with van der Waals surface area (Å²) in [6, 6.07) is 4.15. The van der Waals surface area contributed by atoms with Crippen LogP contribution in [-0.4, -0.2) is 53.5 Å². The number of nitrogens with zero attached hydrogens (tertiary/aromatic N) is 4. The second-order valence-corrected chi connectivity index (χ2v) is 6.24. The first-order chi connectivity index (χ1) is 11.0. The maximum Gasteiger partial charge on any atom is 0.264 e. The lowest BCUT2D eigenvalue weighted by atomic mass is 10.1. The number of aryl methyl sites for hydroxylation is 1. The third kappa shape index (κ3) is 3.83. The molecule has 1 aromatic heterocycles. The standard InChI is InChI=1S/C18H26N4O/c1-5-6-22-14(2)11-16(15(22)3)12-17(13-19)18(23)21-9-7-20(4)8-10-21/h11-12H,5-10H2,1-4H3. The lowest BCUT2D eigenvalue weighted by Crippen LogP contribution is -2.47. The van der Waals surface area contributed by atoms with Gasteiger partial charge >= 0.3 is 0 Å². The molecule has 0 bridgehead atoms. The van der Waals surface area contributed by atoms with Gasteiger partial charge in [-0.1, -0.05) is 6.92 Å². The summed E-state index contributed by atoms with van der Waals surface area (Å²) in [7, 11) is 2.05. The van der Waals surface area contributed by atoms with Crippen LogP contribution >= 0.6 is 0 Å².